The second kappa shape index (κ2) is 6.61. The van der Waals surface area contributed by atoms with Gasteiger partial charge in [0.05, 0.1) is 17.7 Å². The summed E-state index contributed by atoms with van der Waals surface area (Å²) in [6.45, 7) is 0.317. The van der Waals surface area contributed by atoms with E-state index in [1.807, 2.05) is 5.38 Å². The Kier molecular flexibility index (Phi) is 5.14. The van der Waals surface area contributed by atoms with Crippen molar-refractivity contribution in [2.24, 2.45) is 0 Å². The van der Waals surface area contributed by atoms with Gasteiger partial charge in [0.2, 0.25) is 0 Å². The molecule has 1 rings (SSSR count). The minimum absolute atomic E-state index is 0.0500. The largest absolute Gasteiger partial charge is 0.480 e. The average Bonchev–Trinajstić information content (AvgIpc) is 2.80. The molecule has 1 aromatic rings. The Hall–Kier alpha value is -2.07. The third kappa shape index (κ3) is 4.07. The maximum absolute atomic E-state index is 11.7. The second-order valence-electron chi connectivity index (χ2n) is 3.58. The minimum Gasteiger partial charge on any atom is -0.480 e. The lowest BCUT2D eigenvalue weighted by Gasteiger charge is -2.19. The van der Waals surface area contributed by atoms with E-state index in [4.69, 9.17) is 11.5 Å². The van der Waals surface area contributed by atoms with Gasteiger partial charge in [0, 0.05) is 18.8 Å². The first-order valence-corrected chi connectivity index (χ1v) is 6.03. The highest BCUT2D eigenvalue weighted by atomic mass is 32.1. The SMILES string of the molecule is C#CCC(NC(=O)N(C)Cc1cscn1)C(=O)O. The summed E-state index contributed by atoms with van der Waals surface area (Å²) in [4.78, 5) is 27.9. The summed E-state index contributed by atoms with van der Waals surface area (Å²) < 4.78 is 0. The summed E-state index contributed by atoms with van der Waals surface area (Å²) in [5.41, 5.74) is 2.42. The van der Waals surface area contributed by atoms with Gasteiger partial charge >= 0.3 is 12.0 Å². The van der Waals surface area contributed by atoms with Crippen LogP contribution in [0, 0.1) is 12.3 Å². The highest BCUT2D eigenvalue weighted by Gasteiger charge is 2.20. The topological polar surface area (TPSA) is 82.5 Å². The molecule has 2 N–H and O–H groups in total. The van der Waals surface area contributed by atoms with Crippen molar-refractivity contribution in [3.05, 3.63) is 16.6 Å². The number of nitrogens with zero attached hydrogens (tertiary/aromatic N) is 2. The Morgan fingerprint density at radius 1 is 1.72 bits per heavy atom. The number of rotatable bonds is 5. The van der Waals surface area contributed by atoms with Gasteiger partial charge in [-0.2, -0.15) is 0 Å². The van der Waals surface area contributed by atoms with E-state index < -0.39 is 18.0 Å². The van der Waals surface area contributed by atoms with Gasteiger partial charge < -0.3 is 15.3 Å². The van der Waals surface area contributed by atoms with Gasteiger partial charge in [-0.25, -0.2) is 14.6 Å². The number of carboxylic acid groups (broad SMARTS) is 1. The number of carbonyl (C=O) groups excluding carboxylic acids is 1. The third-order valence-corrected chi connectivity index (χ3v) is 2.78. The number of hydrogen-bond donors (Lipinski definition) is 2. The summed E-state index contributed by atoms with van der Waals surface area (Å²) in [6, 6.07) is -1.56. The van der Waals surface area contributed by atoms with Crippen molar-refractivity contribution in [2.75, 3.05) is 7.05 Å². The zero-order valence-electron chi connectivity index (χ0n) is 9.79. The molecular formula is C11H13N3O3S. The van der Waals surface area contributed by atoms with Crippen LogP contribution in [0.2, 0.25) is 0 Å². The Bertz CT molecular complexity index is 453. The summed E-state index contributed by atoms with van der Waals surface area (Å²) in [5.74, 6) is 1.06. The molecule has 0 aliphatic carbocycles. The molecule has 96 valence electrons. The summed E-state index contributed by atoms with van der Waals surface area (Å²) in [5, 5.41) is 13.0. The maximum Gasteiger partial charge on any atom is 0.327 e. The molecule has 0 aliphatic rings. The van der Waals surface area contributed by atoms with E-state index in [0.29, 0.717) is 6.54 Å². The number of terminal acetylenes is 1. The van der Waals surface area contributed by atoms with E-state index in [1.165, 1.54) is 16.2 Å². The number of hydrogen-bond acceptors (Lipinski definition) is 4. The highest BCUT2D eigenvalue weighted by Crippen LogP contribution is 2.04. The fraction of sp³-hybridized carbons (Fsp3) is 0.364. The van der Waals surface area contributed by atoms with Crippen molar-refractivity contribution >= 4 is 23.3 Å². The molecule has 1 atom stereocenters. The first kappa shape index (κ1) is 14.0. The van der Waals surface area contributed by atoms with Gasteiger partial charge in [-0.1, -0.05) is 0 Å². The maximum atomic E-state index is 11.7. The van der Waals surface area contributed by atoms with Crippen LogP contribution in [-0.4, -0.2) is 40.1 Å². The summed E-state index contributed by atoms with van der Waals surface area (Å²) >= 11 is 1.43. The minimum atomic E-state index is -1.15. The van der Waals surface area contributed by atoms with E-state index in [2.05, 4.69) is 16.2 Å². The molecule has 6 nitrogen and oxygen atoms in total. The molecule has 0 saturated carbocycles. The van der Waals surface area contributed by atoms with Crippen molar-refractivity contribution in [1.82, 2.24) is 15.2 Å². The molecule has 1 unspecified atom stereocenters. The number of urea groups is 1. The van der Waals surface area contributed by atoms with Crippen LogP contribution in [-0.2, 0) is 11.3 Å². The standard InChI is InChI=1S/C11H13N3O3S/c1-3-4-9(10(15)16)13-11(17)14(2)5-8-6-18-7-12-8/h1,6-7,9H,4-5H2,2H3,(H,13,17)(H,15,16). The van der Waals surface area contributed by atoms with E-state index in [-0.39, 0.29) is 6.42 Å². The fourth-order valence-electron chi connectivity index (χ4n) is 1.21. The van der Waals surface area contributed by atoms with E-state index >= 15 is 0 Å². The van der Waals surface area contributed by atoms with Gasteiger partial charge in [-0.15, -0.1) is 23.7 Å². The van der Waals surface area contributed by atoms with Gasteiger partial charge in [0.15, 0.2) is 0 Å². The van der Waals surface area contributed by atoms with Crippen molar-refractivity contribution in [3.63, 3.8) is 0 Å². The van der Waals surface area contributed by atoms with Crippen molar-refractivity contribution < 1.29 is 14.7 Å². The quantitative estimate of drug-likeness (QED) is 0.772. The lowest BCUT2D eigenvalue weighted by Crippen LogP contribution is -2.46. The molecule has 18 heavy (non-hydrogen) atoms. The predicted octanol–water partition coefficient (Wildman–Crippen LogP) is 0.761. The Labute approximate surface area is 109 Å². The van der Waals surface area contributed by atoms with Crippen molar-refractivity contribution in [2.45, 2.75) is 19.0 Å². The van der Waals surface area contributed by atoms with Crippen LogP contribution < -0.4 is 5.32 Å². The molecule has 0 radical (unpaired) electrons. The molecule has 7 heteroatoms. The molecule has 0 fully saturated rings. The van der Waals surface area contributed by atoms with Crippen LogP contribution in [0.15, 0.2) is 10.9 Å². The fourth-order valence-corrected chi connectivity index (χ4v) is 1.76. The molecule has 1 heterocycles. The molecule has 0 aliphatic heterocycles. The average molecular weight is 267 g/mol. The Morgan fingerprint density at radius 2 is 2.44 bits per heavy atom. The molecule has 0 saturated heterocycles. The van der Waals surface area contributed by atoms with Crippen LogP contribution >= 0.6 is 11.3 Å². The number of carbonyl (C=O) groups is 2. The Morgan fingerprint density at radius 3 is 2.94 bits per heavy atom. The number of thiazole rings is 1. The molecule has 1 aromatic heterocycles. The van der Waals surface area contributed by atoms with E-state index in [9.17, 15) is 9.59 Å². The second-order valence-corrected chi connectivity index (χ2v) is 4.30. The van der Waals surface area contributed by atoms with Gasteiger partial charge in [-0.05, 0) is 0 Å². The van der Waals surface area contributed by atoms with Crippen LogP contribution in [0.3, 0.4) is 0 Å². The first-order valence-electron chi connectivity index (χ1n) is 5.09. The van der Waals surface area contributed by atoms with Crippen LogP contribution in [0.25, 0.3) is 0 Å². The van der Waals surface area contributed by atoms with Crippen molar-refractivity contribution in [3.8, 4) is 12.3 Å². The van der Waals surface area contributed by atoms with Gasteiger partial charge in [-0.3, -0.25) is 0 Å². The van der Waals surface area contributed by atoms with Gasteiger partial charge in [0.1, 0.15) is 6.04 Å². The van der Waals surface area contributed by atoms with Crippen molar-refractivity contribution in [1.29, 1.82) is 0 Å². The monoisotopic (exact) mass is 267 g/mol. The Balaban J connectivity index is 2.53. The molecule has 0 aromatic carbocycles. The number of aromatic nitrogens is 1. The zero-order valence-corrected chi connectivity index (χ0v) is 10.6. The van der Waals surface area contributed by atoms with E-state index in [1.54, 1.807) is 12.6 Å². The van der Waals surface area contributed by atoms with Gasteiger partial charge in [0.25, 0.3) is 0 Å². The first-order chi connectivity index (χ1) is 8.54. The highest BCUT2D eigenvalue weighted by molar-refractivity contribution is 7.07. The molecule has 0 spiro atoms. The van der Waals surface area contributed by atoms with Crippen LogP contribution in [0.1, 0.15) is 12.1 Å². The number of aliphatic carboxylic acids is 1. The van der Waals surface area contributed by atoms with Crippen LogP contribution in [0.5, 0.6) is 0 Å². The number of amides is 2. The number of carboxylic acids is 1. The molecular weight excluding hydrogens is 254 g/mol. The van der Waals surface area contributed by atoms with E-state index in [0.717, 1.165) is 5.69 Å². The summed E-state index contributed by atoms with van der Waals surface area (Å²) in [7, 11) is 1.56. The predicted molar refractivity (Wildman–Crippen MR) is 67.0 cm³/mol. The molecule has 0 bridgehead atoms. The zero-order chi connectivity index (χ0) is 13.5. The third-order valence-electron chi connectivity index (χ3n) is 2.15. The summed E-state index contributed by atoms with van der Waals surface area (Å²) in [6.07, 6.45) is 4.99. The lowest BCUT2D eigenvalue weighted by molar-refractivity contribution is -0.139. The number of nitrogens with one attached hydrogen (secondary N) is 1. The van der Waals surface area contributed by atoms with Crippen LogP contribution in [0.4, 0.5) is 4.79 Å². The molecule has 2 amide bonds. The smallest absolute Gasteiger partial charge is 0.327 e. The lowest BCUT2D eigenvalue weighted by atomic mass is 10.2. The normalized spacial score (nSPS) is 11.3.